The summed E-state index contributed by atoms with van der Waals surface area (Å²) in [4.78, 5) is 8.39. The summed E-state index contributed by atoms with van der Waals surface area (Å²) in [6, 6.07) is 7.78. The molecular weight excluding hydrogens is 330 g/mol. The van der Waals surface area contributed by atoms with Gasteiger partial charge < -0.3 is 21.5 Å². The van der Waals surface area contributed by atoms with Gasteiger partial charge in [0.1, 0.15) is 12.1 Å². The van der Waals surface area contributed by atoms with Crippen molar-refractivity contribution < 1.29 is 4.74 Å². The van der Waals surface area contributed by atoms with Gasteiger partial charge in [0.25, 0.3) is 0 Å². The Kier molecular flexibility index (Phi) is 5.33. The zero-order valence-electron chi connectivity index (χ0n) is 14.9. The number of aryl methyl sites for hydroxylation is 1. The van der Waals surface area contributed by atoms with Crippen LogP contribution in [0.15, 0.2) is 36.8 Å². The second kappa shape index (κ2) is 7.83. The third kappa shape index (κ3) is 3.92. The Morgan fingerprint density at radius 2 is 2.08 bits per heavy atom. The number of aromatic nitrogens is 4. The summed E-state index contributed by atoms with van der Waals surface area (Å²) < 4.78 is 7.09. The molecule has 0 spiro atoms. The van der Waals surface area contributed by atoms with Crippen LogP contribution >= 0.6 is 0 Å². The number of rotatable bonds is 7. The van der Waals surface area contributed by atoms with Crippen molar-refractivity contribution in [2.75, 3.05) is 25.1 Å². The Morgan fingerprint density at radius 3 is 2.77 bits per heavy atom. The van der Waals surface area contributed by atoms with E-state index in [1.165, 1.54) is 0 Å². The predicted octanol–water partition coefficient (Wildman–Crippen LogP) is 1.38. The Bertz CT molecular complexity index is 891. The standard InChI is InChI=1S/C18H23N7O/c1-25-11-23-18(24-25)14-8-12(9-15(19)16(14)26-2)5-7-21-10-13-4-3-6-22-17(13)20/h3-4,6,8-9,11,21H,5,7,10,19H2,1-2H3,(H2,20,22). The van der Waals surface area contributed by atoms with Gasteiger partial charge in [-0.3, -0.25) is 4.68 Å². The van der Waals surface area contributed by atoms with E-state index < -0.39 is 0 Å². The van der Waals surface area contributed by atoms with E-state index >= 15 is 0 Å². The van der Waals surface area contributed by atoms with Crippen molar-refractivity contribution in [3.05, 3.63) is 47.9 Å². The van der Waals surface area contributed by atoms with Crippen LogP contribution in [0.3, 0.4) is 0 Å². The van der Waals surface area contributed by atoms with E-state index in [2.05, 4.69) is 20.4 Å². The van der Waals surface area contributed by atoms with Gasteiger partial charge >= 0.3 is 0 Å². The van der Waals surface area contributed by atoms with Gasteiger partial charge in [-0.2, -0.15) is 5.10 Å². The van der Waals surface area contributed by atoms with E-state index in [9.17, 15) is 0 Å². The normalized spacial score (nSPS) is 10.8. The number of benzene rings is 1. The SMILES string of the molecule is COc1c(N)cc(CCNCc2cccnc2N)cc1-c1ncn(C)n1. The molecule has 1 aromatic carbocycles. The van der Waals surface area contributed by atoms with Crippen molar-refractivity contribution in [3.8, 4) is 17.1 Å². The number of hydrogen-bond acceptors (Lipinski definition) is 7. The number of ether oxygens (including phenoxy) is 1. The van der Waals surface area contributed by atoms with E-state index in [1.807, 2.05) is 31.3 Å². The lowest BCUT2D eigenvalue weighted by Gasteiger charge is -2.12. The highest BCUT2D eigenvalue weighted by atomic mass is 16.5. The van der Waals surface area contributed by atoms with Crippen LogP contribution in [0.5, 0.6) is 5.75 Å². The smallest absolute Gasteiger partial charge is 0.184 e. The average Bonchev–Trinajstić information content (AvgIpc) is 3.06. The van der Waals surface area contributed by atoms with Crippen molar-refractivity contribution in [1.82, 2.24) is 25.1 Å². The van der Waals surface area contributed by atoms with E-state index in [-0.39, 0.29) is 0 Å². The molecule has 0 radical (unpaired) electrons. The molecule has 136 valence electrons. The Balaban J connectivity index is 1.70. The minimum absolute atomic E-state index is 0.553. The molecule has 26 heavy (non-hydrogen) atoms. The lowest BCUT2D eigenvalue weighted by Crippen LogP contribution is -2.18. The van der Waals surface area contributed by atoms with Crippen molar-refractivity contribution in [1.29, 1.82) is 0 Å². The zero-order valence-corrected chi connectivity index (χ0v) is 14.9. The fourth-order valence-corrected chi connectivity index (χ4v) is 2.77. The molecule has 0 amide bonds. The molecule has 0 saturated carbocycles. The highest BCUT2D eigenvalue weighted by Crippen LogP contribution is 2.34. The van der Waals surface area contributed by atoms with Gasteiger partial charge in [0.15, 0.2) is 11.6 Å². The Morgan fingerprint density at radius 1 is 1.23 bits per heavy atom. The molecule has 2 aromatic heterocycles. The second-order valence-corrected chi connectivity index (χ2v) is 5.98. The molecule has 8 nitrogen and oxygen atoms in total. The molecule has 3 aromatic rings. The molecule has 0 aliphatic rings. The number of pyridine rings is 1. The topological polar surface area (TPSA) is 117 Å². The number of hydrogen-bond donors (Lipinski definition) is 3. The molecule has 0 bridgehead atoms. The number of nitrogens with two attached hydrogens (primary N) is 2. The van der Waals surface area contributed by atoms with Crippen LogP contribution in [0.2, 0.25) is 0 Å². The first-order chi connectivity index (χ1) is 12.6. The van der Waals surface area contributed by atoms with Crippen molar-refractivity contribution in [2.24, 2.45) is 7.05 Å². The molecular formula is C18H23N7O. The lowest BCUT2D eigenvalue weighted by atomic mass is 10.0. The first-order valence-electron chi connectivity index (χ1n) is 8.31. The van der Waals surface area contributed by atoms with Crippen molar-refractivity contribution >= 4 is 11.5 Å². The van der Waals surface area contributed by atoms with Crippen molar-refractivity contribution in [2.45, 2.75) is 13.0 Å². The number of nitrogens with one attached hydrogen (secondary N) is 1. The summed E-state index contributed by atoms with van der Waals surface area (Å²) in [5.41, 5.74) is 15.4. The van der Waals surface area contributed by atoms with Gasteiger partial charge in [0.2, 0.25) is 0 Å². The molecule has 8 heteroatoms. The van der Waals surface area contributed by atoms with Gasteiger partial charge in [-0.1, -0.05) is 6.07 Å². The van der Waals surface area contributed by atoms with Crippen LogP contribution in [0.1, 0.15) is 11.1 Å². The number of nitrogens with zero attached hydrogens (tertiary/aromatic N) is 4. The first kappa shape index (κ1) is 17.7. The fraction of sp³-hybridized carbons (Fsp3) is 0.278. The molecule has 0 atom stereocenters. The van der Waals surface area contributed by atoms with Crippen LogP contribution in [0.25, 0.3) is 11.4 Å². The molecule has 0 aliphatic heterocycles. The first-order valence-corrected chi connectivity index (χ1v) is 8.31. The Labute approximate surface area is 152 Å². The maximum absolute atomic E-state index is 6.16. The lowest BCUT2D eigenvalue weighted by molar-refractivity contribution is 0.418. The largest absolute Gasteiger partial charge is 0.494 e. The molecule has 0 fully saturated rings. The summed E-state index contributed by atoms with van der Waals surface area (Å²) in [7, 11) is 3.42. The minimum Gasteiger partial charge on any atom is -0.494 e. The summed E-state index contributed by atoms with van der Waals surface area (Å²) in [6.07, 6.45) is 4.14. The molecule has 0 saturated heterocycles. The second-order valence-electron chi connectivity index (χ2n) is 5.98. The number of nitrogen functional groups attached to an aromatic ring is 2. The third-order valence-corrected chi connectivity index (χ3v) is 4.05. The summed E-state index contributed by atoms with van der Waals surface area (Å²) in [6.45, 7) is 1.44. The van der Waals surface area contributed by atoms with Gasteiger partial charge in [-0.15, -0.1) is 0 Å². The summed E-state index contributed by atoms with van der Waals surface area (Å²) in [5.74, 6) is 1.74. The summed E-state index contributed by atoms with van der Waals surface area (Å²) in [5, 5.41) is 7.73. The van der Waals surface area contributed by atoms with Gasteiger partial charge in [0, 0.05) is 25.4 Å². The van der Waals surface area contributed by atoms with Crippen LogP contribution < -0.4 is 21.5 Å². The summed E-state index contributed by atoms with van der Waals surface area (Å²) >= 11 is 0. The van der Waals surface area contributed by atoms with Gasteiger partial charge in [-0.05, 0) is 36.7 Å². The van der Waals surface area contributed by atoms with Crippen LogP contribution in [-0.2, 0) is 20.0 Å². The van der Waals surface area contributed by atoms with E-state index in [0.717, 1.165) is 29.7 Å². The maximum atomic E-state index is 6.16. The van der Waals surface area contributed by atoms with Crippen molar-refractivity contribution in [3.63, 3.8) is 0 Å². The van der Waals surface area contributed by atoms with Gasteiger partial charge in [-0.25, -0.2) is 9.97 Å². The van der Waals surface area contributed by atoms with Crippen LogP contribution in [-0.4, -0.2) is 33.4 Å². The minimum atomic E-state index is 0.553. The molecule has 0 unspecified atom stereocenters. The van der Waals surface area contributed by atoms with Crippen LogP contribution in [0, 0.1) is 0 Å². The zero-order chi connectivity index (χ0) is 18.5. The maximum Gasteiger partial charge on any atom is 0.184 e. The molecule has 0 aliphatic carbocycles. The quantitative estimate of drug-likeness (QED) is 0.434. The third-order valence-electron chi connectivity index (χ3n) is 4.05. The molecule has 3 rings (SSSR count). The highest BCUT2D eigenvalue weighted by Gasteiger charge is 2.15. The average molecular weight is 353 g/mol. The van der Waals surface area contributed by atoms with Gasteiger partial charge in [0.05, 0.1) is 18.4 Å². The monoisotopic (exact) mass is 353 g/mol. The Hall–Kier alpha value is -3.13. The number of anilines is 2. The predicted molar refractivity (Wildman–Crippen MR) is 101 cm³/mol. The van der Waals surface area contributed by atoms with E-state index in [4.69, 9.17) is 16.2 Å². The molecule has 5 N–H and O–H groups in total. The molecule has 2 heterocycles. The van der Waals surface area contributed by atoms with E-state index in [0.29, 0.717) is 29.6 Å². The highest BCUT2D eigenvalue weighted by molar-refractivity contribution is 5.74. The van der Waals surface area contributed by atoms with E-state index in [1.54, 1.807) is 24.3 Å². The fourth-order valence-electron chi connectivity index (χ4n) is 2.77. The number of methoxy groups -OCH3 is 1. The van der Waals surface area contributed by atoms with Crippen LogP contribution in [0.4, 0.5) is 11.5 Å².